The van der Waals surface area contributed by atoms with Crippen molar-refractivity contribution in [3.8, 4) is 5.75 Å². The number of sulfonamides is 1. The molecule has 1 amide bonds. The van der Waals surface area contributed by atoms with Crippen LogP contribution in [0.15, 0.2) is 53.4 Å². The second-order valence-electron chi connectivity index (χ2n) is 9.83. The quantitative estimate of drug-likeness (QED) is 0.580. The number of benzene rings is 2. The molecule has 2 saturated heterocycles. The van der Waals surface area contributed by atoms with Gasteiger partial charge in [0.1, 0.15) is 5.75 Å². The Labute approximate surface area is 209 Å². The van der Waals surface area contributed by atoms with Gasteiger partial charge in [-0.3, -0.25) is 9.52 Å². The number of piperidine rings is 2. The molecule has 1 atom stereocenters. The summed E-state index contributed by atoms with van der Waals surface area (Å²) in [6, 6.07) is 13.0. The molecule has 0 bridgehead atoms. The average molecular weight is 500 g/mol. The number of carbonyl (C=O) groups excluding carboxylic acids is 1. The molecule has 2 aliphatic heterocycles. The van der Waals surface area contributed by atoms with E-state index in [-0.39, 0.29) is 10.8 Å². The van der Waals surface area contributed by atoms with Gasteiger partial charge >= 0.3 is 0 Å². The van der Waals surface area contributed by atoms with Gasteiger partial charge in [0.25, 0.3) is 15.9 Å². The van der Waals surface area contributed by atoms with E-state index >= 15 is 0 Å². The molecule has 2 heterocycles. The molecule has 8 heteroatoms. The van der Waals surface area contributed by atoms with Crippen molar-refractivity contribution in [2.75, 3.05) is 44.1 Å². The number of ether oxygens (including phenoxy) is 1. The van der Waals surface area contributed by atoms with Crippen LogP contribution in [0.25, 0.3) is 0 Å². The van der Waals surface area contributed by atoms with Crippen LogP contribution in [0.5, 0.6) is 5.75 Å². The molecule has 4 rings (SSSR count). The predicted octanol–water partition coefficient (Wildman–Crippen LogP) is 4.47. The summed E-state index contributed by atoms with van der Waals surface area (Å²) < 4.78 is 33.6. The minimum absolute atomic E-state index is 0.0228. The third-order valence-electron chi connectivity index (χ3n) is 7.03. The van der Waals surface area contributed by atoms with Gasteiger partial charge in [0, 0.05) is 30.9 Å². The van der Waals surface area contributed by atoms with E-state index < -0.39 is 10.0 Å². The van der Waals surface area contributed by atoms with E-state index in [1.54, 1.807) is 36.4 Å². The van der Waals surface area contributed by atoms with Gasteiger partial charge in [0.2, 0.25) is 0 Å². The number of nitrogens with one attached hydrogen (secondary N) is 1. The van der Waals surface area contributed by atoms with Crippen molar-refractivity contribution in [3.05, 3.63) is 54.1 Å². The number of rotatable bonds is 8. The van der Waals surface area contributed by atoms with Crippen molar-refractivity contribution in [3.63, 3.8) is 0 Å². The maximum Gasteiger partial charge on any atom is 0.261 e. The SMILES string of the molecule is CCOc1ccc(NS(=O)(=O)c2ccc(C(=O)N3CCCC(CN4CCC(C)CC4)C3)cc2)cc1. The van der Waals surface area contributed by atoms with E-state index in [2.05, 4.69) is 16.5 Å². The molecule has 1 unspecified atom stereocenters. The van der Waals surface area contributed by atoms with Gasteiger partial charge in [0.15, 0.2) is 0 Å². The first kappa shape index (κ1) is 25.5. The molecule has 2 aliphatic rings. The summed E-state index contributed by atoms with van der Waals surface area (Å²) in [4.78, 5) is 17.8. The second kappa shape index (κ2) is 11.4. The zero-order valence-electron chi connectivity index (χ0n) is 20.8. The molecule has 0 aliphatic carbocycles. The van der Waals surface area contributed by atoms with Gasteiger partial charge in [-0.05, 0) is 106 Å². The van der Waals surface area contributed by atoms with E-state index in [9.17, 15) is 13.2 Å². The predicted molar refractivity (Wildman–Crippen MR) is 138 cm³/mol. The first-order valence-corrected chi connectivity index (χ1v) is 14.2. The Balaban J connectivity index is 1.35. The monoisotopic (exact) mass is 499 g/mol. The van der Waals surface area contributed by atoms with Crippen molar-refractivity contribution >= 4 is 21.6 Å². The van der Waals surface area contributed by atoms with E-state index in [0.717, 1.165) is 51.5 Å². The molecule has 35 heavy (non-hydrogen) atoms. The number of amides is 1. The van der Waals surface area contributed by atoms with Crippen LogP contribution in [0.3, 0.4) is 0 Å². The minimum Gasteiger partial charge on any atom is -0.494 e. The molecule has 0 spiro atoms. The van der Waals surface area contributed by atoms with E-state index in [0.29, 0.717) is 29.5 Å². The molecule has 2 aromatic rings. The summed E-state index contributed by atoms with van der Waals surface area (Å²) in [6.45, 7) is 9.67. The summed E-state index contributed by atoms with van der Waals surface area (Å²) in [7, 11) is -3.76. The number of hydrogen-bond acceptors (Lipinski definition) is 5. The number of hydrogen-bond donors (Lipinski definition) is 1. The molecule has 0 aromatic heterocycles. The smallest absolute Gasteiger partial charge is 0.261 e. The highest BCUT2D eigenvalue weighted by atomic mass is 32.2. The fraction of sp³-hybridized carbons (Fsp3) is 0.519. The molecular formula is C27H37N3O4S. The van der Waals surface area contributed by atoms with Gasteiger partial charge in [-0.2, -0.15) is 0 Å². The summed E-state index contributed by atoms with van der Waals surface area (Å²) in [6.07, 6.45) is 4.69. The fourth-order valence-electron chi connectivity index (χ4n) is 4.97. The maximum atomic E-state index is 13.2. The largest absolute Gasteiger partial charge is 0.494 e. The lowest BCUT2D eigenvalue weighted by Crippen LogP contribution is -2.45. The lowest BCUT2D eigenvalue weighted by atomic mass is 9.94. The zero-order valence-corrected chi connectivity index (χ0v) is 21.6. The summed E-state index contributed by atoms with van der Waals surface area (Å²) >= 11 is 0. The third kappa shape index (κ3) is 6.76. The first-order valence-electron chi connectivity index (χ1n) is 12.7. The third-order valence-corrected chi connectivity index (χ3v) is 8.43. The van der Waals surface area contributed by atoms with Crippen LogP contribution in [-0.4, -0.2) is 63.5 Å². The topological polar surface area (TPSA) is 78.9 Å². The maximum absolute atomic E-state index is 13.2. The highest BCUT2D eigenvalue weighted by molar-refractivity contribution is 7.92. The Kier molecular flexibility index (Phi) is 8.34. The second-order valence-corrected chi connectivity index (χ2v) is 11.5. The number of nitrogens with zero attached hydrogens (tertiary/aromatic N) is 2. The lowest BCUT2D eigenvalue weighted by Gasteiger charge is -2.38. The Bertz CT molecular complexity index is 1080. The Morgan fingerprint density at radius 1 is 1.00 bits per heavy atom. The normalized spacial score (nSPS) is 19.9. The first-order chi connectivity index (χ1) is 16.8. The Morgan fingerprint density at radius 3 is 2.34 bits per heavy atom. The summed E-state index contributed by atoms with van der Waals surface area (Å²) in [5, 5.41) is 0. The van der Waals surface area contributed by atoms with Crippen LogP contribution in [0.1, 0.15) is 49.9 Å². The fourth-order valence-corrected chi connectivity index (χ4v) is 6.03. The van der Waals surface area contributed by atoms with Crippen LogP contribution in [0, 0.1) is 11.8 Å². The molecule has 0 radical (unpaired) electrons. The van der Waals surface area contributed by atoms with Gasteiger partial charge in [-0.25, -0.2) is 8.42 Å². The molecular weight excluding hydrogens is 462 g/mol. The Hall–Kier alpha value is -2.58. The van der Waals surface area contributed by atoms with Crippen LogP contribution < -0.4 is 9.46 Å². The van der Waals surface area contributed by atoms with Gasteiger partial charge in [-0.1, -0.05) is 6.92 Å². The molecule has 190 valence electrons. The molecule has 2 aromatic carbocycles. The average Bonchev–Trinajstić information content (AvgIpc) is 2.86. The number of carbonyl (C=O) groups is 1. The lowest BCUT2D eigenvalue weighted by molar-refractivity contribution is 0.0622. The van der Waals surface area contributed by atoms with Crippen molar-refractivity contribution in [1.82, 2.24) is 9.80 Å². The van der Waals surface area contributed by atoms with Crippen molar-refractivity contribution in [1.29, 1.82) is 0 Å². The van der Waals surface area contributed by atoms with E-state index in [1.807, 2.05) is 11.8 Å². The van der Waals surface area contributed by atoms with Gasteiger partial charge in [0.05, 0.1) is 11.5 Å². The van der Waals surface area contributed by atoms with Crippen LogP contribution in [0.2, 0.25) is 0 Å². The van der Waals surface area contributed by atoms with Crippen LogP contribution >= 0.6 is 0 Å². The molecule has 2 fully saturated rings. The Morgan fingerprint density at radius 2 is 1.69 bits per heavy atom. The summed E-state index contributed by atoms with van der Waals surface area (Å²) in [5.41, 5.74) is 0.980. The van der Waals surface area contributed by atoms with Gasteiger partial charge in [-0.15, -0.1) is 0 Å². The molecule has 0 saturated carbocycles. The highest BCUT2D eigenvalue weighted by Gasteiger charge is 2.27. The molecule has 1 N–H and O–H groups in total. The standard InChI is InChI=1S/C27H37N3O4S/c1-3-34-25-10-8-24(9-11-25)28-35(32,33)26-12-6-23(7-13-26)27(31)30-16-4-5-22(20-30)19-29-17-14-21(2)15-18-29/h6-13,21-22,28H,3-5,14-20H2,1-2H3. The number of likely N-dealkylation sites (tertiary alicyclic amines) is 2. The van der Waals surface area contributed by atoms with Crippen LogP contribution in [-0.2, 0) is 10.0 Å². The van der Waals surface area contributed by atoms with Gasteiger partial charge < -0.3 is 14.5 Å². The minimum atomic E-state index is -3.76. The van der Waals surface area contributed by atoms with E-state index in [1.165, 1.54) is 25.0 Å². The van der Waals surface area contributed by atoms with Crippen molar-refractivity contribution in [2.45, 2.75) is 44.4 Å². The zero-order chi connectivity index (χ0) is 24.8. The van der Waals surface area contributed by atoms with Crippen molar-refractivity contribution < 1.29 is 17.9 Å². The van der Waals surface area contributed by atoms with Crippen molar-refractivity contribution in [2.24, 2.45) is 11.8 Å². The van der Waals surface area contributed by atoms with Crippen LogP contribution in [0.4, 0.5) is 5.69 Å². The summed E-state index contributed by atoms with van der Waals surface area (Å²) in [5.74, 6) is 1.98. The highest BCUT2D eigenvalue weighted by Crippen LogP contribution is 2.24. The number of anilines is 1. The van der Waals surface area contributed by atoms with E-state index in [4.69, 9.17) is 4.74 Å². The molecule has 7 nitrogen and oxygen atoms in total.